The van der Waals surface area contributed by atoms with Crippen LogP contribution in [0.15, 0.2) is 18.3 Å². The number of aliphatic carboxylic acids is 1. The highest BCUT2D eigenvalue weighted by molar-refractivity contribution is 5.89. The Hall–Kier alpha value is -2.11. The molecule has 0 spiro atoms. The summed E-state index contributed by atoms with van der Waals surface area (Å²) in [6, 6.07) is 3.15. The fourth-order valence-corrected chi connectivity index (χ4v) is 1.88. The van der Waals surface area contributed by atoms with E-state index >= 15 is 0 Å². The van der Waals surface area contributed by atoms with E-state index in [2.05, 4.69) is 10.3 Å². The first-order valence-corrected chi connectivity index (χ1v) is 5.88. The summed E-state index contributed by atoms with van der Waals surface area (Å²) in [5, 5.41) is 11.4. The summed E-state index contributed by atoms with van der Waals surface area (Å²) in [6.07, 6.45) is 3.46. The van der Waals surface area contributed by atoms with Crippen LogP contribution >= 0.6 is 0 Å². The van der Waals surface area contributed by atoms with Crippen molar-refractivity contribution in [3.05, 3.63) is 24.0 Å². The topological polar surface area (TPSA) is 82.5 Å². The van der Waals surface area contributed by atoms with E-state index in [1.807, 2.05) is 0 Å². The lowest BCUT2D eigenvalue weighted by Crippen LogP contribution is -2.32. The summed E-state index contributed by atoms with van der Waals surface area (Å²) in [6.45, 7) is 1.58. The lowest BCUT2D eigenvalue weighted by atomic mass is 10.2. The van der Waals surface area contributed by atoms with Gasteiger partial charge < -0.3 is 15.3 Å². The van der Waals surface area contributed by atoms with Gasteiger partial charge in [0.1, 0.15) is 0 Å². The number of rotatable bonds is 3. The first-order valence-electron chi connectivity index (χ1n) is 5.88. The molecule has 18 heavy (non-hydrogen) atoms. The van der Waals surface area contributed by atoms with Crippen molar-refractivity contribution in [2.24, 2.45) is 0 Å². The van der Waals surface area contributed by atoms with Gasteiger partial charge in [0.2, 0.25) is 0 Å². The number of carbonyl (C=O) groups is 2. The second kappa shape index (κ2) is 5.48. The van der Waals surface area contributed by atoms with Gasteiger partial charge in [-0.3, -0.25) is 9.78 Å². The van der Waals surface area contributed by atoms with Crippen LogP contribution in [-0.4, -0.2) is 40.1 Å². The van der Waals surface area contributed by atoms with E-state index in [-0.39, 0.29) is 12.5 Å². The molecule has 96 valence electrons. The van der Waals surface area contributed by atoms with E-state index in [9.17, 15) is 9.59 Å². The third-order valence-corrected chi connectivity index (χ3v) is 2.80. The Bertz CT molecular complexity index is 438. The Kier molecular flexibility index (Phi) is 3.76. The molecule has 0 aromatic carbocycles. The van der Waals surface area contributed by atoms with Crippen molar-refractivity contribution in [1.82, 2.24) is 9.88 Å². The molecule has 2 amide bonds. The summed E-state index contributed by atoms with van der Waals surface area (Å²) in [5.74, 6) is -0.920. The van der Waals surface area contributed by atoms with Crippen LogP contribution in [0.5, 0.6) is 0 Å². The van der Waals surface area contributed by atoms with Crippen molar-refractivity contribution in [2.45, 2.75) is 19.3 Å². The lowest BCUT2D eigenvalue weighted by Gasteiger charge is -2.15. The standard InChI is InChI=1S/C12H15N3O3/c16-11(17)7-9-3-4-10(8-13-9)14-12(18)15-5-1-2-6-15/h3-4,8H,1-2,5-7H2,(H,14,18)(H,16,17). The summed E-state index contributed by atoms with van der Waals surface area (Å²) in [7, 11) is 0. The molecule has 0 aliphatic carbocycles. The van der Waals surface area contributed by atoms with Gasteiger partial charge in [-0.05, 0) is 25.0 Å². The molecule has 1 saturated heterocycles. The Morgan fingerprint density at radius 1 is 1.33 bits per heavy atom. The van der Waals surface area contributed by atoms with Crippen LogP contribution in [0.1, 0.15) is 18.5 Å². The van der Waals surface area contributed by atoms with Gasteiger partial charge in [0.15, 0.2) is 0 Å². The van der Waals surface area contributed by atoms with Crippen LogP contribution in [0.2, 0.25) is 0 Å². The summed E-state index contributed by atoms with van der Waals surface area (Å²) >= 11 is 0. The predicted octanol–water partition coefficient (Wildman–Crippen LogP) is 1.34. The average molecular weight is 249 g/mol. The molecule has 0 atom stereocenters. The predicted molar refractivity (Wildman–Crippen MR) is 65.4 cm³/mol. The Balaban J connectivity index is 1.93. The minimum atomic E-state index is -0.920. The summed E-state index contributed by atoms with van der Waals surface area (Å²) < 4.78 is 0. The van der Waals surface area contributed by atoms with Crippen molar-refractivity contribution in [3.8, 4) is 0 Å². The number of carbonyl (C=O) groups excluding carboxylic acids is 1. The van der Waals surface area contributed by atoms with Crippen molar-refractivity contribution < 1.29 is 14.7 Å². The van der Waals surface area contributed by atoms with Crippen molar-refractivity contribution >= 4 is 17.7 Å². The maximum atomic E-state index is 11.8. The number of pyridine rings is 1. The highest BCUT2D eigenvalue weighted by Crippen LogP contribution is 2.12. The van der Waals surface area contributed by atoms with E-state index in [1.54, 1.807) is 17.0 Å². The molecule has 6 heteroatoms. The zero-order chi connectivity index (χ0) is 13.0. The van der Waals surface area contributed by atoms with Gasteiger partial charge in [0.05, 0.1) is 24.0 Å². The minimum absolute atomic E-state index is 0.111. The van der Waals surface area contributed by atoms with E-state index in [1.165, 1.54) is 6.20 Å². The number of amides is 2. The molecule has 2 N–H and O–H groups in total. The molecular weight excluding hydrogens is 234 g/mol. The van der Waals surface area contributed by atoms with Gasteiger partial charge in [-0.2, -0.15) is 0 Å². The third-order valence-electron chi connectivity index (χ3n) is 2.80. The molecule has 0 bridgehead atoms. The van der Waals surface area contributed by atoms with E-state index in [0.717, 1.165) is 25.9 Å². The monoisotopic (exact) mass is 249 g/mol. The van der Waals surface area contributed by atoms with Crippen LogP contribution in [0.4, 0.5) is 10.5 Å². The Labute approximate surface area is 105 Å². The molecule has 0 saturated carbocycles. The number of hydrogen-bond acceptors (Lipinski definition) is 3. The van der Waals surface area contributed by atoms with Crippen molar-refractivity contribution in [2.75, 3.05) is 18.4 Å². The molecular formula is C12H15N3O3. The van der Waals surface area contributed by atoms with Crippen LogP contribution in [-0.2, 0) is 11.2 Å². The number of aromatic nitrogens is 1. The van der Waals surface area contributed by atoms with Gasteiger partial charge >= 0.3 is 12.0 Å². The van der Waals surface area contributed by atoms with E-state index in [4.69, 9.17) is 5.11 Å². The number of hydrogen-bond donors (Lipinski definition) is 2. The zero-order valence-electron chi connectivity index (χ0n) is 9.93. The first-order chi connectivity index (χ1) is 8.65. The van der Waals surface area contributed by atoms with Gasteiger partial charge in [0.25, 0.3) is 0 Å². The quantitative estimate of drug-likeness (QED) is 0.846. The molecule has 1 aliphatic rings. The maximum Gasteiger partial charge on any atom is 0.321 e. The number of nitrogens with zero attached hydrogens (tertiary/aromatic N) is 2. The molecule has 1 aromatic heterocycles. The second-order valence-corrected chi connectivity index (χ2v) is 4.23. The van der Waals surface area contributed by atoms with Crippen molar-refractivity contribution in [3.63, 3.8) is 0 Å². The number of carboxylic acids is 1. The SMILES string of the molecule is O=C(O)Cc1ccc(NC(=O)N2CCCC2)cn1. The average Bonchev–Trinajstić information content (AvgIpc) is 2.84. The van der Waals surface area contributed by atoms with Gasteiger partial charge in [-0.15, -0.1) is 0 Å². The highest BCUT2D eigenvalue weighted by Gasteiger charge is 2.17. The molecule has 2 heterocycles. The largest absolute Gasteiger partial charge is 0.481 e. The number of likely N-dealkylation sites (tertiary alicyclic amines) is 1. The molecule has 1 aliphatic heterocycles. The van der Waals surface area contributed by atoms with Crippen LogP contribution in [0.25, 0.3) is 0 Å². The highest BCUT2D eigenvalue weighted by atomic mass is 16.4. The normalized spacial score (nSPS) is 14.6. The Morgan fingerprint density at radius 3 is 2.61 bits per heavy atom. The molecule has 6 nitrogen and oxygen atoms in total. The molecule has 0 radical (unpaired) electrons. The van der Waals surface area contributed by atoms with Gasteiger partial charge in [-0.1, -0.05) is 0 Å². The Morgan fingerprint density at radius 2 is 2.06 bits per heavy atom. The van der Waals surface area contributed by atoms with Gasteiger partial charge in [0, 0.05) is 13.1 Å². The first kappa shape index (κ1) is 12.3. The number of urea groups is 1. The van der Waals surface area contributed by atoms with Crippen LogP contribution < -0.4 is 5.32 Å². The summed E-state index contributed by atoms with van der Waals surface area (Å²) in [4.78, 5) is 28.0. The maximum absolute atomic E-state index is 11.8. The smallest absolute Gasteiger partial charge is 0.321 e. The third kappa shape index (κ3) is 3.19. The van der Waals surface area contributed by atoms with Gasteiger partial charge in [-0.25, -0.2) is 4.79 Å². The van der Waals surface area contributed by atoms with Crippen LogP contribution in [0.3, 0.4) is 0 Å². The number of carboxylic acid groups (broad SMARTS) is 1. The van der Waals surface area contributed by atoms with E-state index < -0.39 is 5.97 Å². The fourth-order valence-electron chi connectivity index (χ4n) is 1.88. The molecule has 1 fully saturated rings. The summed E-state index contributed by atoms with van der Waals surface area (Å²) in [5.41, 5.74) is 1.06. The zero-order valence-corrected chi connectivity index (χ0v) is 9.93. The second-order valence-electron chi connectivity index (χ2n) is 4.23. The molecule has 0 unspecified atom stereocenters. The lowest BCUT2D eigenvalue weighted by molar-refractivity contribution is -0.136. The molecule has 1 aromatic rings. The van der Waals surface area contributed by atoms with E-state index in [0.29, 0.717) is 11.4 Å². The minimum Gasteiger partial charge on any atom is -0.481 e. The van der Waals surface area contributed by atoms with Crippen LogP contribution in [0, 0.1) is 0 Å². The fraction of sp³-hybridized carbons (Fsp3) is 0.417. The number of anilines is 1. The molecule has 2 rings (SSSR count). The number of nitrogens with one attached hydrogen (secondary N) is 1. The van der Waals surface area contributed by atoms with Crippen molar-refractivity contribution in [1.29, 1.82) is 0 Å².